The lowest BCUT2D eigenvalue weighted by atomic mass is 10.1. The fraction of sp³-hybridized carbons (Fsp3) is 0.385. The normalized spacial score (nSPS) is 14.7. The zero-order valence-corrected chi connectivity index (χ0v) is 12.1. The molecular formula is C13H14BrN3O2. The van der Waals surface area contributed by atoms with E-state index in [1.165, 1.54) is 0 Å². The van der Waals surface area contributed by atoms with Crippen LogP contribution in [-0.2, 0) is 6.54 Å². The molecule has 0 spiro atoms. The Balaban J connectivity index is 2.06. The Morgan fingerprint density at radius 3 is 2.89 bits per heavy atom. The number of aromatic nitrogens is 2. The second-order valence-corrected chi connectivity index (χ2v) is 5.51. The van der Waals surface area contributed by atoms with Gasteiger partial charge in [-0.25, -0.2) is 0 Å². The summed E-state index contributed by atoms with van der Waals surface area (Å²) in [7, 11) is 0. The second kappa shape index (κ2) is 4.94. The molecule has 100 valence electrons. The first-order valence-corrected chi connectivity index (χ1v) is 6.96. The topological polar surface area (TPSA) is 74.2 Å². The lowest BCUT2D eigenvalue weighted by molar-refractivity contribution is 0.302. The molecule has 6 heteroatoms. The van der Waals surface area contributed by atoms with E-state index in [-0.39, 0.29) is 6.54 Å². The zero-order chi connectivity index (χ0) is 13.4. The van der Waals surface area contributed by atoms with Crippen LogP contribution in [0.4, 0.5) is 0 Å². The number of rotatable bonds is 4. The predicted molar refractivity (Wildman–Crippen MR) is 73.7 cm³/mol. The predicted octanol–water partition coefficient (Wildman–Crippen LogP) is 2.81. The SMILES string of the molecule is Cc1cc(Br)c(OC2CC2)c(-c2noc(CN)n2)c1. The van der Waals surface area contributed by atoms with Crippen LogP contribution in [0.5, 0.6) is 5.75 Å². The van der Waals surface area contributed by atoms with Crippen LogP contribution in [0.1, 0.15) is 24.3 Å². The molecule has 2 aromatic rings. The van der Waals surface area contributed by atoms with Crippen LogP contribution in [-0.4, -0.2) is 16.2 Å². The van der Waals surface area contributed by atoms with Crippen molar-refractivity contribution in [2.24, 2.45) is 5.73 Å². The molecule has 1 fully saturated rings. The van der Waals surface area contributed by atoms with Crippen molar-refractivity contribution in [1.82, 2.24) is 10.1 Å². The van der Waals surface area contributed by atoms with Crippen LogP contribution in [0.3, 0.4) is 0 Å². The van der Waals surface area contributed by atoms with Gasteiger partial charge in [0, 0.05) is 0 Å². The fourth-order valence-electron chi connectivity index (χ4n) is 1.81. The van der Waals surface area contributed by atoms with Crippen LogP contribution in [0.15, 0.2) is 21.1 Å². The van der Waals surface area contributed by atoms with Gasteiger partial charge in [-0.2, -0.15) is 4.98 Å². The number of ether oxygens (including phenoxy) is 1. The zero-order valence-electron chi connectivity index (χ0n) is 10.5. The van der Waals surface area contributed by atoms with Gasteiger partial charge in [-0.3, -0.25) is 0 Å². The molecule has 0 atom stereocenters. The third-order valence-corrected chi connectivity index (χ3v) is 3.47. The average molecular weight is 324 g/mol. The Labute approximate surface area is 119 Å². The summed E-state index contributed by atoms with van der Waals surface area (Å²) in [6.45, 7) is 2.25. The first-order valence-electron chi connectivity index (χ1n) is 6.17. The number of benzene rings is 1. The van der Waals surface area contributed by atoms with E-state index < -0.39 is 0 Å². The smallest absolute Gasteiger partial charge is 0.240 e. The van der Waals surface area contributed by atoms with E-state index in [2.05, 4.69) is 26.1 Å². The van der Waals surface area contributed by atoms with Crippen molar-refractivity contribution in [2.45, 2.75) is 32.4 Å². The highest BCUT2D eigenvalue weighted by Crippen LogP contribution is 2.40. The number of nitrogens with two attached hydrogens (primary N) is 1. The molecule has 1 heterocycles. The van der Waals surface area contributed by atoms with E-state index in [4.69, 9.17) is 15.0 Å². The summed E-state index contributed by atoms with van der Waals surface area (Å²) in [4.78, 5) is 4.27. The molecule has 1 saturated carbocycles. The van der Waals surface area contributed by atoms with Gasteiger partial charge in [0.1, 0.15) is 5.75 Å². The minimum atomic E-state index is 0.235. The maximum absolute atomic E-state index is 5.94. The summed E-state index contributed by atoms with van der Waals surface area (Å²) < 4.78 is 11.9. The Morgan fingerprint density at radius 2 is 2.26 bits per heavy atom. The largest absolute Gasteiger partial charge is 0.488 e. The van der Waals surface area contributed by atoms with Crippen molar-refractivity contribution >= 4 is 15.9 Å². The molecule has 3 rings (SSSR count). The molecular weight excluding hydrogens is 310 g/mol. The minimum absolute atomic E-state index is 0.235. The van der Waals surface area contributed by atoms with Gasteiger partial charge >= 0.3 is 0 Å². The van der Waals surface area contributed by atoms with Crippen LogP contribution in [0.2, 0.25) is 0 Å². The molecule has 0 saturated heterocycles. The summed E-state index contributed by atoms with van der Waals surface area (Å²) >= 11 is 3.54. The van der Waals surface area contributed by atoms with Crippen molar-refractivity contribution in [3.05, 3.63) is 28.1 Å². The van der Waals surface area contributed by atoms with E-state index in [1.807, 2.05) is 19.1 Å². The van der Waals surface area contributed by atoms with Crippen molar-refractivity contribution in [1.29, 1.82) is 0 Å². The highest BCUT2D eigenvalue weighted by molar-refractivity contribution is 9.10. The molecule has 0 unspecified atom stereocenters. The lowest BCUT2D eigenvalue weighted by Gasteiger charge is -2.11. The van der Waals surface area contributed by atoms with Gasteiger partial charge in [0.05, 0.1) is 22.7 Å². The Hall–Kier alpha value is -1.40. The van der Waals surface area contributed by atoms with E-state index in [9.17, 15) is 0 Å². The summed E-state index contributed by atoms with van der Waals surface area (Å²) in [6, 6.07) is 4.01. The van der Waals surface area contributed by atoms with Gasteiger partial charge in [-0.15, -0.1) is 0 Å². The second-order valence-electron chi connectivity index (χ2n) is 4.66. The molecule has 1 aliphatic carbocycles. The molecule has 19 heavy (non-hydrogen) atoms. The Kier molecular flexibility index (Phi) is 3.28. The van der Waals surface area contributed by atoms with Gasteiger partial charge in [-0.05, 0) is 53.4 Å². The fourth-order valence-corrected chi connectivity index (χ4v) is 2.48. The molecule has 0 aliphatic heterocycles. The monoisotopic (exact) mass is 323 g/mol. The summed E-state index contributed by atoms with van der Waals surface area (Å²) in [5, 5.41) is 3.96. The number of hydrogen-bond donors (Lipinski definition) is 1. The highest BCUT2D eigenvalue weighted by Gasteiger charge is 2.27. The lowest BCUT2D eigenvalue weighted by Crippen LogP contribution is -2.00. The quantitative estimate of drug-likeness (QED) is 0.936. The number of hydrogen-bond acceptors (Lipinski definition) is 5. The Bertz CT molecular complexity index is 608. The Morgan fingerprint density at radius 1 is 1.47 bits per heavy atom. The minimum Gasteiger partial charge on any atom is -0.488 e. The first-order chi connectivity index (χ1) is 9.17. The highest BCUT2D eigenvalue weighted by atomic mass is 79.9. The summed E-state index contributed by atoms with van der Waals surface area (Å²) in [5.74, 6) is 1.71. The van der Waals surface area contributed by atoms with Crippen molar-refractivity contribution < 1.29 is 9.26 Å². The van der Waals surface area contributed by atoms with Crippen LogP contribution >= 0.6 is 15.9 Å². The van der Waals surface area contributed by atoms with Crippen molar-refractivity contribution in [2.75, 3.05) is 0 Å². The van der Waals surface area contributed by atoms with Crippen LogP contribution < -0.4 is 10.5 Å². The van der Waals surface area contributed by atoms with E-state index >= 15 is 0 Å². The molecule has 0 bridgehead atoms. The molecule has 1 aromatic heterocycles. The molecule has 2 N–H and O–H groups in total. The number of nitrogens with zero attached hydrogens (tertiary/aromatic N) is 2. The third-order valence-electron chi connectivity index (χ3n) is 2.88. The van der Waals surface area contributed by atoms with Gasteiger partial charge in [-0.1, -0.05) is 5.16 Å². The number of aryl methyl sites for hydroxylation is 1. The molecule has 0 radical (unpaired) electrons. The van der Waals surface area contributed by atoms with Crippen molar-refractivity contribution in [3.63, 3.8) is 0 Å². The van der Waals surface area contributed by atoms with Crippen LogP contribution in [0, 0.1) is 6.92 Å². The summed E-state index contributed by atoms with van der Waals surface area (Å²) in [6.07, 6.45) is 2.50. The first kappa shape index (κ1) is 12.6. The van der Waals surface area contributed by atoms with Gasteiger partial charge in [0.25, 0.3) is 0 Å². The standard InChI is InChI=1S/C13H14BrN3O2/c1-7-4-9(13-16-11(6-15)19-17-13)12(10(14)5-7)18-8-2-3-8/h4-5,8H,2-3,6,15H2,1H3. The third kappa shape index (κ3) is 2.64. The number of halogens is 1. The molecule has 1 aliphatic rings. The van der Waals surface area contributed by atoms with Gasteiger partial charge < -0.3 is 15.0 Å². The van der Waals surface area contributed by atoms with Crippen LogP contribution in [0.25, 0.3) is 11.4 Å². The van der Waals surface area contributed by atoms with Gasteiger partial charge in [0.15, 0.2) is 0 Å². The van der Waals surface area contributed by atoms with Crippen molar-refractivity contribution in [3.8, 4) is 17.1 Å². The molecule has 5 nitrogen and oxygen atoms in total. The van der Waals surface area contributed by atoms with E-state index in [0.717, 1.165) is 34.2 Å². The molecule has 0 amide bonds. The summed E-state index contributed by atoms with van der Waals surface area (Å²) in [5.41, 5.74) is 7.43. The maximum atomic E-state index is 5.94. The van der Waals surface area contributed by atoms with E-state index in [0.29, 0.717) is 17.8 Å². The molecule has 1 aromatic carbocycles. The van der Waals surface area contributed by atoms with E-state index in [1.54, 1.807) is 0 Å². The maximum Gasteiger partial charge on any atom is 0.240 e. The van der Waals surface area contributed by atoms with Gasteiger partial charge in [0.2, 0.25) is 11.7 Å². The average Bonchev–Trinajstić information content (AvgIpc) is 3.06.